The second-order valence-corrected chi connectivity index (χ2v) is 3.23. The topological polar surface area (TPSA) is 43.4 Å². The van der Waals surface area contributed by atoms with Crippen molar-refractivity contribution in [1.29, 1.82) is 0 Å². The van der Waals surface area contributed by atoms with Crippen molar-refractivity contribution in [2.45, 2.75) is 19.8 Å². The van der Waals surface area contributed by atoms with Crippen molar-refractivity contribution < 1.29 is 18.7 Å². The molecular formula is C12H13FO3. The van der Waals surface area contributed by atoms with Gasteiger partial charge in [-0.25, -0.2) is 9.18 Å². The van der Waals surface area contributed by atoms with Gasteiger partial charge in [0.2, 0.25) is 0 Å². The van der Waals surface area contributed by atoms with Gasteiger partial charge in [-0.15, -0.1) is 0 Å². The highest BCUT2D eigenvalue weighted by Crippen LogP contribution is 2.13. The number of ether oxygens (including phenoxy) is 1. The fourth-order valence-electron chi connectivity index (χ4n) is 1.31. The molecule has 86 valence electrons. The molecule has 0 saturated carbocycles. The Kier molecular flexibility index (Phi) is 4.64. The Bertz CT molecular complexity index is 388. The van der Waals surface area contributed by atoms with Gasteiger partial charge >= 0.3 is 5.97 Å². The molecule has 0 radical (unpaired) electrons. The van der Waals surface area contributed by atoms with E-state index >= 15 is 0 Å². The van der Waals surface area contributed by atoms with Crippen LogP contribution < -0.4 is 0 Å². The molecule has 0 atom stereocenters. The summed E-state index contributed by atoms with van der Waals surface area (Å²) in [6, 6.07) is 4.14. The van der Waals surface area contributed by atoms with Gasteiger partial charge in [-0.05, 0) is 31.0 Å². The molecule has 1 rings (SSSR count). The van der Waals surface area contributed by atoms with E-state index in [1.165, 1.54) is 12.1 Å². The van der Waals surface area contributed by atoms with Crippen LogP contribution in [0.5, 0.6) is 0 Å². The first kappa shape index (κ1) is 12.4. The van der Waals surface area contributed by atoms with Crippen molar-refractivity contribution in [3.63, 3.8) is 0 Å². The number of aryl methyl sites for hydroxylation is 1. The molecule has 0 saturated heterocycles. The minimum absolute atomic E-state index is 0.189. The van der Waals surface area contributed by atoms with Gasteiger partial charge in [0.1, 0.15) is 12.1 Å². The van der Waals surface area contributed by atoms with Crippen molar-refractivity contribution in [2.24, 2.45) is 0 Å². The number of rotatable bonds is 5. The van der Waals surface area contributed by atoms with E-state index in [0.29, 0.717) is 12.0 Å². The van der Waals surface area contributed by atoms with Crippen LogP contribution in [0.2, 0.25) is 0 Å². The molecule has 4 heteroatoms. The first-order chi connectivity index (χ1) is 7.69. The Morgan fingerprint density at radius 3 is 2.81 bits per heavy atom. The molecule has 0 aliphatic rings. The van der Waals surface area contributed by atoms with Crippen LogP contribution in [0.15, 0.2) is 18.2 Å². The SMILES string of the molecule is CCOC(=O)c1ccc(CCC=O)c(F)c1. The van der Waals surface area contributed by atoms with Crippen molar-refractivity contribution in [2.75, 3.05) is 6.61 Å². The molecule has 0 aliphatic heterocycles. The summed E-state index contributed by atoms with van der Waals surface area (Å²) in [7, 11) is 0. The number of aldehydes is 1. The zero-order valence-corrected chi connectivity index (χ0v) is 9.03. The molecule has 1 aromatic carbocycles. The van der Waals surface area contributed by atoms with Gasteiger partial charge in [0, 0.05) is 6.42 Å². The van der Waals surface area contributed by atoms with Gasteiger partial charge in [-0.2, -0.15) is 0 Å². The largest absolute Gasteiger partial charge is 0.462 e. The van der Waals surface area contributed by atoms with Crippen molar-refractivity contribution in [1.82, 2.24) is 0 Å². The lowest BCUT2D eigenvalue weighted by Crippen LogP contribution is -2.05. The highest BCUT2D eigenvalue weighted by molar-refractivity contribution is 5.89. The maximum absolute atomic E-state index is 13.5. The van der Waals surface area contributed by atoms with Gasteiger partial charge < -0.3 is 9.53 Å². The van der Waals surface area contributed by atoms with Gasteiger partial charge in [-0.3, -0.25) is 0 Å². The smallest absolute Gasteiger partial charge is 0.338 e. The summed E-state index contributed by atoms with van der Waals surface area (Å²) in [4.78, 5) is 21.4. The van der Waals surface area contributed by atoms with E-state index in [9.17, 15) is 14.0 Å². The highest BCUT2D eigenvalue weighted by Gasteiger charge is 2.09. The van der Waals surface area contributed by atoms with E-state index in [1.807, 2.05) is 0 Å². The molecule has 0 unspecified atom stereocenters. The lowest BCUT2D eigenvalue weighted by molar-refractivity contribution is -0.107. The molecular weight excluding hydrogens is 211 g/mol. The Morgan fingerprint density at radius 1 is 1.50 bits per heavy atom. The molecule has 0 spiro atoms. The molecule has 1 aromatic rings. The van der Waals surface area contributed by atoms with E-state index in [2.05, 4.69) is 0 Å². The molecule has 0 aromatic heterocycles. The van der Waals surface area contributed by atoms with Crippen LogP contribution in [0.3, 0.4) is 0 Å². The number of hydrogen-bond donors (Lipinski definition) is 0. The zero-order chi connectivity index (χ0) is 12.0. The molecule has 0 amide bonds. The number of halogens is 1. The number of carbonyl (C=O) groups is 2. The van der Waals surface area contributed by atoms with Gasteiger partial charge in [0.25, 0.3) is 0 Å². The van der Waals surface area contributed by atoms with E-state index in [0.717, 1.165) is 12.4 Å². The van der Waals surface area contributed by atoms with Crippen molar-refractivity contribution >= 4 is 12.3 Å². The first-order valence-electron chi connectivity index (χ1n) is 5.08. The van der Waals surface area contributed by atoms with Crippen LogP contribution in [0, 0.1) is 5.82 Å². The third-order valence-electron chi connectivity index (χ3n) is 2.10. The van der Waals surface area contributed by atoms with Gasteiger partial charge in [0.05, 0.1) is 12.2 Å². The summed E-state index contributed by atoms with van der Waals surface area (Å²) >= 11 is 0. The number of esters is 1. The van der Waals surface area contributed by atoms with Crippen molar-refractivity contribution in [3.05, 3.63) is 35.1 Å². The maximum atomic E-state index is 13.5. The van der Waals surface area contributed by atoms with E-state index in [1.54, 1.807) is 6.92 Å². The second-order valence-electron chi connectivity index (χ2n) is 3.23. The fourth-order valence-corrected chi connectivity index (χ4v) is 1.31. The van der Waals surface area contributed by atoms with Gasteiger partial charge in [0.15, 0.2) is 0 Å². The molecule has 0 fully saturated rings. The normalized spacial score (nSPS) is 9.88. The van der Waals surface area contributed by atoms with E-state index < -0.39 is 11.8 Å². The molecule has 0 bridgehead atoms. The Balaban J connectivity index is 2.81. The summed E-state index contributed by atoms with van der Waals surface area (Å²) < 4.78 is 18.2. The molecule has 16 heavy (non-hydrogen) atoms. The average Bonchev–Trinajstić information content (AvgIpc) is 2.27. The summed E-state index contributed by atoms with van der Waals surface area (Å²) in [5.74, 6) is -1.02. The third-order valence-corrected chi connectivity index (χ3v) is 2.10. The third kappa shape index (κ3) is 3.15. The number of benzene rings is 1. The Morgan fingerprint density at radius 2 is 2.25 bits per heavy atom. The van der Waals surface area contributed by atoms with Crippen LogP contribution in [-0.4, -0.2) is 18.9 Å². The van der Waals surface area contributed by atoms with Gasteiger partial charge in [-0.1, -0.05) is 6.07 Å². The standard InChI is InChI=1S/C12H13FO3/c1-2-16-12(15)10-6-5-9(4-3-7-14)11(13)8-10/h5-8H,2-4H2,1H3. The fraction of sp³-hybridized carbons (Fsp3) is 0.333. The summed E-state index contributed by atoms with van der Waals surface area (Å²) in [6.45, 7) is 1.94. The van der Waals surface area contributed by atoms with Crippen LogP contribution in [0.25, 0.3) is 0 Å². The summed E-state index contributed by atoms with van der Waals surface area (Å²) in [6.07, 6.45) is 1.35. The van der Waals surface area contributed by atoms with Crippen LogP contribution in [0.1, 0.15) is 29.3 Å². The summed E-state index contributed by atoms with van der Waals surface area (Å²) in [5, 5.41) is 0. The quantitative estimate of drug-likeness (QED) is 0.568. The number of hydrogen-bond acceptors (Lipinski definition) is 3. The Hall–Kier alpha value is -1.71. The summed E-state index contributed by atoms with van der Waals surface area (Å²) in [5.41, 5.74) is 0.620. The number of carbonyl (C=O) groups excluding carboxylic acids is 2. The van der Waals surface area contributed by atoms with Crippen LogP contribution >= 0.6 is 0 Å². The minimum Gasteiger partial charge on any atom is -0.462 e. The van der Waals surface area contributed by atoms with Crippen LogP contribution in [0.4, 0.5) is 4.39 Å². The van der Waals surface area contributed by atoms with E-state index in [-0.39, 0.29) is 18.6 Å². The Labute approximate surface area is 93.2 Å². The second kappa shape index (κ2) is 6.00. The average molecular weight is 224 g/mol. The van der Waals surface area contributed by atoms with Crippen molar-refractivity contribution in [3.8, 4) is 0 Å². The zero-order valence-electron chi connectivity index (χ0n) is 9.03. The van der Waals surface area contributed by atoms with Crippen LogP contribution in [-0.2, 0) is 16.0 Å². The minimum atomic E-state index is -0.539. The maximum Gasteiger partial charge on any atom is 0.338 e. The first-order valence-corrected chi connectivity index (χ1v) is 5.08. The monoisotopic (exact) mass is 224 g/mol. The lowest BCUT2D eigenvalue weighted by Gasteiger charge is -2.04. The predicted octanol–water partition coefficient (Wildman–Crippen LogP) is 2.13. The molecule has 3 nitrogen and oxygen atoms in total. The molecule has 0 aliphatic carbocycles. The highest BCUT2D eigenvalue weighted by atomic mass is 19.1. The predicted molar refractivity (Wildman–Crippen MR) is 56.7 cm³/mol. The lowest BCUT2D eigenvalue weighted by atomic mass is 10.1. The molecule has 0 heterocycles. The van der Waals surface area contributed by atoms with E-state index in [4.69, 9.17) is 4.74 Å². The molecule has 0 N–H and O–H groups in total.